The van der Waals surface area contributed by atoms with Gasteiger partial charge in [0.2, 0.25) is 0 Å². The summed E-state index contributed by atoms with van der Waals surface area (Å²) in [5.74, 6) is -2.12. The van der Waals surface area contributed by atoms with Crippen LogP contribution in [-0.2, 0) is 28.7 Å². The number of rotatable bonds is 10. The maximum Gasteiger partial charge on any atom is 0.335 e. The van der Waals surface area contributed by atoms with E-state index in [-0.39, 0.29) is 26.4 Å². The summed E-state index contributed by atoms with van der Waals surface area (Å²) in [6, 6.07) is 0. The second-order valence-electron chi connectivity index (χ2n) is 4.01. The summed E-state index contributed by atoms with van der Waals surface area (Å²) < 4.78 is 9.00. The van der Waals surface area contributed by atoms with Crippen LogP contribution in [0.2, 0.25) is 0 Å². The number of thiol groups is 2. The predicted octanol–water partition coefficient (Wildman–Crippen LogP) is -2.54. The molecule has 0 heterocycles. The Bertz CT molecular complexity index is 377. The zero-order valence-corrected chi connectivity index (χ0v) is 14.3. The minimum Gasteiger partial charge on any atom is -0.460 e. The van der Waals surface area contributed by atoms with Crippen molar-refractivity contribution in [2.24, 2.45) is 0 Å². The van der Waals surface area contributed by atoms with Crippen LogP contribution in [0, 0.1) is 0 Å². The third kappa shape index (κ3) is 15.7. The van der Waals surface area contributed by atoms with Crippen molar-refractivity contribution in [3.05, 3.63) is 0 Å². The Labute approximate surface area is 148 Å². The third-order valence-corrected chi connectivity index (χ3v) is 2.32. The van der Waals surface area contributed by atoms with Crippen molar-refractivity contribution in [3.8, 4) is 0 Å². The Hall–Kier alpha value is -1.18. The normalized spacial score (nSPS) is 12.2. The quantitative estimate of drug-likeness (QED) is 0.133. The second-order valence-corrected chi connectivity index (χ2v) is 5.01. The highest BCUT2D eigenvalue weighted by Crippen LogP contribution is 2.00. The highest BCUT2D eigenvalue weighted by molar-refractivity contribution is 7.96. The number of carbonyl (C=O) groups excluding carboxylic acids is 4. The van der Waals surface area contributed by atoms with E-state index in [4.69, 9.17) is 20.4 Å². The molecule has 24 heavy (non-hydrogen) atoms. The summed E-state index contributed by atoms with van der Waals surface area (Å²) in [6.45, 7) is -0.992. The number of aliphatic hydroxyl groups is 4. The molecule has 0 aromatic heterocycles. The molecule has 0 bridgehead atoms. The summed E-state index contributed by atoms with van der Waals surface area (Å²) in [5.41, 5.74) is 0. The first kappa shape index (κ1) is 25.1. The maximum atomic E-state index is 11.1. The minimum absolute atomic E-state index is 0.125. The van der Waals surface area contributed by atoms with Gasteiger partial charge in [-0.2, -0.15) is 0 Å². The number of hydrogen-bond donors (Lipinski definition) is 6. The first-order chi connectivity index (χ1) is 11.1. The zero-order valence-electron chi connectivity index (χ0n) is 12.5. The fourth-order valence-electron chi connectivity index (χ4n) is 0.974. The van der Waals surface area contributed by atoms with Crippen LogP contribution in [0.4, 0.5) is 0 Å². The van der Waals surface area contributed by atoms with Gasteiger partial charge in [0.05, 0.1) is 26.1 Å². The summed E-state index contributed by atoms with van der Waals surface area (Å²) in [4.78, 5) is 43.2. The molecule has 2 atom stereocenters. The van der Waals surface area contributed by atoms with E-state index in [1.165, 1.54) is 0 Å². The molecule has 0 saturated carbocycles. The number of aliphatic hydroxyl groups excluding tert-OH is 4. The number of ether oxygens (including phenoxy) is 2. The lowest BCUT2D eigenvalue weighted by atomic mass is 10.3. The fraction of sp³-hybridized carbons (Fsp3) is 0.667. The lowest BCUT2D eigenvalue weighted by Crippen LogP contribution is -2.28. The highest BCUT2D eigenvalue weighted by atomic mass is 32.1. The van der Waals surface area contributed by atoms with Crippen LogP contribution in [0.15, 0.2) is 0 Å². The fourth-order valence-corrected chi connectivity index (χ4v) is 1.32. The van der Waals surface area contributed by atoms with Gasteiger partial charge in [-0.1, -0.05) is 0 Å². The van der Waals surface area contributed by atoms with Crippen molar-refractivity contribution in [2.75, 3.05) is 26.4 Å². The second kappa shape index (κ2) is 15.4. The number of esters is 2. The van der Waals surface area contributed by atoms with E-state index in [0.29, 0.717) is 0 Å². The predicted molar refractivity (Wildman–Crippen MR) is 85.3 cm³/mol. The molecule has 0 aliphatic rings. The molecular formula is C12H20O10S2. The maximum absolute atomic E-state index is 11.1. The van der Waals surface area contributed by atoms with Crippen molar-refractivity contribution < 1.29 is 49.1 Å². The van der Waals surface area contributed by atoms with Crippen LogP contribution in [0.5, 0.6) is 0 Å². The van der Waals surface area contributed by atoms with E-state index in [9.17, 15) is 19.2 Å². The monoisotopic (exact) mass is 388 g/mol. The first-order valence-electron chi connectivity index (χ1n) is 6.50. The van der Waals surface area contributed by atoms with Crippen LogP contribution < -0.4 is 0 Å². The van der Waals surface area contributed by atoms with Crippen LogP contribution in [0.25, 0.3) is 0 Å². The summed E-state index contributed by atoms with van der Waals surface area (Å²) in [5, 5.41) is 32.2. The van der Waals surface area contributed by atoms with E-state index in [0.717, 1.165) is 0 Å². The van der Waals surface area contributed by atoms with E-state index in [2.05, 4.69) is 34.7 Å². The molecule has 0 aliphatic heterocycles. The molecule has 10 nitrogen and oxygen atoms in total. The minimum atomic E-state index is -1.64. The van der Waals surface area contributed by atoms with Crippen molar-refractivity contribution in [2.45, 2.75) is 25.0 Å². The van der Waals surface area contributed by atoms with Crippen LogP contribution in [0.1, 0.15) is 12.8 Å². The molecule has 0 aromatic rings. The molecule has 4 N–H and O–H groups in total. The number of carbonyl (C=O) groups is 4. The zero-order chi connectivity index (χ0) is 19.1. The van der Waals surface area contributed by atoms with Crippen molar-refractivity contribution in [3.63, 3.8) is 0 Å². The molecule has 0 aliphatic carbocycles. The van der Waals surface area contributed by atoms with Crippen LogP contribution in [0.3, 0.4) is 0 Å². The van der Waals surface area contributed by atoms with Crippen molar-refractivity contribution in [1.29, 1.82) is 0 Å². The van der Waals surface area contributed by atoms with E-state index in [1.807, 2.05) is 0 Å². The average Bonchev–Trinajstić information content (AvgIpc) is 2.49. The summed E-state index contributed by atoms with van der Waals surface area (Å²) in [6.07, 6.45) is -4.26. The first-order valence-corrected chi connectivity index (χ1v) is 7.39. The van der Waals surface area contributed by atoms with E-state index < -0.39 is 47.2 Å². The lowest BCUT2D eigenvalue weighted by Gasteiger charge is -2.11. The molecule has 140 valence electrons. The Morgan fingerprint density at radius 3 is 1.25 bits per heavy atom. The molecule has 0 fully saturated rings. The van der Waals surface area contributed by atoms with Crippen molar-refractivity contribution in [1.82, 2.24) is 0 Å². The molecule has 12 heteroatoms. The summed E-state index contributed by atoms with van der Waals surface area (Å²) >= 11 is 6.76. The van der Waals surface area contributed by atoms with Gasteiger partial charge in [0, 0.05) is 0 Å². The topological polar surface area (TPSA) is 168 Å². The highest BCUT2D eigenvalue weighted by Gasteiger charge is 2.21. The van der Waals surface area contributed by atoms with Gasteiger partial charge in [0.15, 0.2) is 22.4 Å². The Morgan fingerprint density at radius 1 is 0.750 bits per heavy atom. The SMILES string of the molecule is O=C(S)CC(O)C(=O)OCCOC(=O)C(O)CC(=O)S.OCCO. The Morgan fingerprint density at radius 2 is 1.04 bits per heavy atom. The molecule has 2 unspecified atom stereocenters. The largest absolute Gasteiger partial charge is 0.460 e. The molecule has 0 aromatic carbocycles. The van der Waals surface area contributed by atoms with Gasteiger partial charge in [-0.15, -0.1) is 25.3 Å². The average molecular weight is 388 g/mol. The molecular weight excluding hydrogens is 368 g/mol. The Balaban J connectivity index is 0. The third-order valence-electron chi connectivity index (χ3n) is 1.95. The van der Waals surface area contributed by atoms with Gasteiger partial charge >= 0.3 is 11.9 Å². The van der Waals surface area contributed by atoms with Gasteiger partial charge < -0.3 is 29.9 Å². The smallest absolute Gasteiger partial charge is 0.335 e. The van der Waals surface area contributed by atoms with Gasteiger partial charge in [0.25, 0.3) is 0 Å². The van der Waals surface area contributed by atoms with Crippen LogP contribution in [-0.4, -0.2) is 81.2 Å². The van der Waals surface area contributed by atoms with Gasteiger partial charge in [-0.3, -0.25) is 9.59 Å². The van der Waals surface area contributed by atoms with Gasteiger partial charge in [-0.25, -0.2) is 9.59 Å². The molecule has 0 amide bonds. The molecule has 0 spiro atoms. The van der Waals surface area contributed by atoms with Crippen LogP contribution >= 0.6 is 25.3 Å². The lowest BCUT2D eigenvalue weighted by molar-refractivity contribution is -0.162. The number of hydrogen-bond acceptors (Lipinski definition) is 10. The van der Waals surface area contributed by atoms with E-state index in [1.54, 1.807) is 0 Å². The van der Waals surface area contributed by atoms with Gasteiger partial charge in [-0.05, 0) is 0 Å². The van der Waals surface area contributed by atoms with E-state index >= 15 is 0 Å². The van der Waals surface area contributed by atoms with Crippen molar-refractivity contribution >= 4 is 47.4 Å². The van der Waals surface area contributed by atoms with Gasteiger partial charge in [0.1, 0.15) is 13.2 Å². The molecule has 0 saturated heterocycles. The molecule has 0 radical (unpaired) electrons. The molecule has 0 rings (SSSR count). The standard InChI is InChI=1S/C10H14O8S2.C2H6O2/c11-5(3-7(13)19)9(15)17-1-2-18-10(16)6(12)4-8(14)20;3-1-2-4/h5-6,11-12H,1-4H2,(H,13,19)(H,14,20);3-4H,1-2H2. The Kier molecular flexibility index (Phi) is 16.0. The summed E-state index contributed by atoms with van der Waals surface area (Å²) in [7, 11) is 0.